The Kier molecular flexibility index (Phi) is 2.94. The number of urea groups is 1. The van der Waals surface area contributed by atoms with Gasteiger partial charge < -0.3 is 16.0 Å². The molecule has 1 saturated heterocycles. The van der Waals surface area contributed by atoms with Gasteiger partial charge in [0.1, 0.15) is 5.82 Å². The van der Waals surface area contributed by atoms with Crippen LogP contribution in [0, 0.1) is 5.82 Å². The second kappa shape index (κ2) is 4.38. The standard InChI is InChI=1S/C11H14FN3O/c12-8-1-3-10(4-2-8)15-6-5-9(7-15)14-11(13)16/h1-4,9H,5-7H2,(H3,13,14,16). The van der Waals surface area contributed by atoms with Gasteiger partial charge in [-0.1, -0.05) is 0 Å². The van der Waals surface area contributed by atoms with Crippen LogP contribution in [0.2, 0.25) is 0 Å². The number of carbonyl (C=O) groups excluding carboxylic acids is 1. The number of nitrogens with zero attached hydrogens (tertiary/aromatic N) is 1. The smallest absolute Gasteiger partial charge is 0.312 e. The fourth-order valence-corrected chi connectivity index (χ4v) is 1.97. The molecule has 1 aromatic carbocycles. The molecule has 5 heteroatoms. The molecule has 0 aliphatic carbocycles. The van der Waals surface area contributed by atoms with Crippen molar-refractivity contribution >= 4 is 11.7 Å². The van der Waals surface area contributed by atoms with Crippen LogP contribution in [0.3, 0.4) is 0 Å². The highest BCUT2D eigenvalue weighted by molar-refractivity contribution is 5.72. The number of nitrogens with one attached hydrogen (secondary N) is 1. The van der Waals surface area contributed by atoms with Gasteiger partial charge in [0.2, 0.25) is 0 Å². The zero-order valence-electron chi connectivity index (χ0n) is 8.82. The lowest BCUT2D eigenvalue weighted by Crippen LogP contribution is -2.40. The average Bonchev–Trinajstić information content (AvgIpc) is 2.66. The number of carbonyl (C=O) groups is 1. The Morgan fingerprint density at radius 2 is 2.12 bits per heavy atom. The van der Waals surface area contributed by atoms with E-state index in [1.807, 2.05) is 0 Å². The highest BCUT2D eigenvalue weighted by Crippen LogP contribution is 2.20. The predicted molar refractivity (Wildman–Crippen MR) is 59.7 cm³/mol. The summed E-state index contributed by atoms with van der Waals surface area (Å²) in [6, 6.07) is 5.94. The van der Waals surface area contributed by atoms with E-state index in [1.54, 1.807) is 12.1 Å². The van der Waals surface area contributed by atoms with Crippen molar-refractivity contribution < 1.29 is 9.18 Å². The van der Waals surface area contributed by atoms with Gasteiger partial charge in [-0.25, -0.2) is 9.18 Å². The van der Waals surface area contributed by atoms with Crippen LogP contribution < -0.4 is 16.0 Å². The molecular formula is C11H14FN3O. The summed E-state index contributed by atoms with van der Waals surface area (Å²) >= 11 is 0. The van der Waals surface area contributed by atoms with Crippen LogP contribution in [-0.2, 0) is 0 Å². The molecule has 0 spiro atoms. The molecule has 0 radical (unpaired) electrons. The van der Waals surface area contributed by atoms with E-state index >= 15 is 0 Å². The Labute approximate surface area is 93.2 Å². The zero-order valence-corrected chi connectivity index (χ0v) is 8.82. The van der Waals surface area contributed by atoms with Crippen molar-refractivity contribution in [1.82, 2.24) is 5.32 Å². The number of hydrogen-bond donors (Lipinski definition) is 2. The molecule has 86 valence electrons. The molecule has 1 unspecified atom stereocenters. The predicted octanol–water partition coefficient (Wildman–Crippen LogP) is 1.07. The third-order valence-electron chi connectivity index (χ3n) is 2.73. The number of rotatable bonds is 2. The first-order valence-electron chi connectivity index (χ1n) is 5.21. The Hall–Kier alpha value is -1.78. The number of anilines is 1. The van der Waals surface area contributed by atoms with E-state index in [-0.39, 0.29) is 11.9 Å². The number of amides is 2. The Balaban J connectivity index is 1.98. The molecule has 1 fully saturated rings. The van der Waals surface area contributed by atoms with Gasteiger partial charge in [-0.2, -0.15) is 0 Å². The molecule has 0 bridgehead atoms. The minimum Gasteiger partial charge on any atom is -0.369 e. The van der Waals surface area contributed by atoms with E-state index in [2.05, 4.69) is 10.2 Å². The third kappa shape index (κ3) is 2.42. The van der Waals surface area contributed by atoms with E-state index in [1.165, 1.54) is 12.1 Å². The van der Waals surface area contributed by atoms with Crippen LogP contribution in [-0.4, -0.2) is 25.2 Å². The summed E-state index contributed by atoms with van der Waals surface area (Å²) in [6.45, 7) is 1.56. The number of benzene rings is 1. The zero-order chi connectivity index (χ0) is 11.5. The Morgan fingerprint density at radius 3 is 2.75 bits per heavy atom. The highest BCUT2D eigenvalue weighted by atomic mass is 19.1. The van der Waals surface area contributed by atoms with Crippen LogP contribution in [0.4, 0.5) is 14.9 Å². The molecular weight excluding hydrogens is 209 g/mol. The third-order valence-corrected chi connectivity index (χ3v) is 2.73. The first-order valence-corrected chi connectivity index (χ1v) is 5.21. The van der Waals surface area contributed by atoms with Gasteiger partial charge in [-0.15, -0.1) is 0 Å². The SMILES string of the molecule is NC(=O)NC1CCN(c2ccc(F)cc2)C1. The van der Waals surface area contributed by atoms with Crippen molar-refractivity contribution in [3.63, 3.8) is 0 Å². The van der Waals surface area contributed by atoms with Crippen LogP contribution in [0.15, 0.2) is 24.3 Å². The minimum atomic E-state index is -0.494. The summed E-state index contributed by atoms with van der Waals surface area (Å²) in [6.07, 6.45) is 0.861. The largest absolute Gasteiger partial charge is 0.369 e. The van der Waals surface area contributed by atoms with Gasteiger partial charge in [0.25, 0.3) is 0 Å². The molecule has 1 aliphatic rings. The number of hydrogen-bond acceptors (Lipinski definition) is 2. The molecule has 1 aliphatic heterocycles. The fourth-order valence-electron chi connectivity index (χ4n) is 1.97. The lowest BCUT2D eigenvalue weighted by molar-refractivity contribution is 0.246. The second-order valence-electron chi connectivity index (χ2n) is 3.92. The van der Waals surface area contributed by atoms with E-state index in [0.717, 1.165) is 18.7 Å². The topological polar surface area (TPSA) is 58.4 Å². The maximum absolute atomic E-state index is 12.7. The van der Waals surface area contributed by atoms with Crippen molar-refractivity contribution in [2.24, 2.45) is 5.73 Å². The average molecular weight is 223 g/mol. The van der Waals surface area contributed by atoms with E-state index in [4.69, 9.17) is 5.73 Å². The van der Waals surface area contributed by atoms with Crippen molar-refractivity contribution in [1.29, 1.82) is 0 Å². The van der Waals surface area contributed by atoms with Gasteiger partial charge in [-0.3, -0.25) is 0 Å². The number of halogens is 1. The van der Waals surface area contributed by atoms with Crippen LogP contribution in [0.25, 0.3) is 0 Å². The summed E-state index contributed by atoms with van der Waals surface area (Å²) in [5.41, 5.74) is 6.03. The molecule has 16 heavy (non-hydrogen) atoms. The van der Waals surface area contributed by atoms with Crippen LogP contribution in [0.5, 0.6) is 0 Å². The van der Waals surface area contributed by atoms with Crippen molar-refractivity contribution in [2.75, 3.05) is 18.0 Å². The van der Waals surface area contributed by atoms with E-state index in [0.29, 0.717) is 6.54 Å². The van der Waals surface area contributed by atoms with Gasteiger partial charge >= 0.3 is 6.03 Å². The lowest BCUT2D eigenvalue weighted by Gasteiger charge is -2.18. The summed E-state index contributed by atoms with van der Waals surface area (Å²) < 4.78 is 12.7. The first-order chi connectivity index (χ1) is 7.65. The highest BCUT2D eigenvalue weighted by Gasteiger charge is 2.23. The normalized spacial score (nSPS) is 19.8. The van der Waals surface area contributed by atoms with Crippen molar-refractivity contribution in [2.45, 2.75) is 12.5 Å². The van der Waals surface area contributed by atoms with Crippen LogP contribution in [0.1, 0.15) is 6.42 Å². The molecule has 3 N–H and O–H groups in total. The van der Waals surface area contributed by atoms with Crippen LogP contribution >= 0.6 is 0 Å². The molecule has 1 aromatic rings. The molecule has 0 saturated carbocycles. The fraction of sp³-hybridized carbons (Fsp3) is 0.364. The summed E-state index contributed by atoms with van der Waals surface area (Å²) in [5, 5.41) is 2.68. The van der Waals surface area contributed by atoms with E-state index < -0.39 is 6.03 Å². The minimum absolute atomic E-state index is 0.0857. The first kappa shape index (κ1) is 10.7. The van der Waals surface area contributed by atoms with Gasteiger partial charge in [0.15, 0.2) is 0 Å². The molecule has 1 atom stereocenters. The number of nitrogens with two attached hydrogens (primary N) is 1. The molecule has 1 heterocycles. The summed E-state index contributed by atoms with van der Waals surface area (Å²) in [4.78, 5) is 12.8. The van der Waals surface area contributed by atoms with Crippen molar-refractivity contribution in [3.05, 3.63) is 30.1 Å². The maximum atomic E-state index is 12.7. The quantitative estimate of drug-likeness (QED) is 0.788. The maximum Gasteiger partial charge on any atom is 0.312 e. The van der Waals surface area contributed by atoms with E-state index in [9.17, 15) is 9.18 Å². The Morgan fingerprint density at radius 1 is 1.44 bits per heavy atom. The molecule has 2 amide bonds. The summed E-state index contributed by atoms with van der Waals surface area (Å²) in [5.74, 6) is -0.241. The number of primary amides is 1. The van der Waals surface area contributed by atoms with Gasteiger partial charge in [-0.05, 0) is 30.7 Å². The van der Waals surface area contributed by atoms with Gasteiger partial charge in [0.05, 0.1) is 0 Å². The molecule has 4 nitrogen and oxygen atoms in total. The second-order valence-corrected chi connectivity index (χ2v) is 3.92. The lowest BCUT2D eigenvalue weighted by atomic mass is 10.3. The monoisotopic (exact) mass is 223 g/mol. The Bertz CT molecular complexity index is 379. The molecule has 2 rings (SSSR count). The summed E-state index contributed by atoms with van der Waals surface area (Å²) in [7, 11) is 0. The molecule has 0 aromatic heterocycles. The van der Waals surface area contributed by atoms with Crippen molar-refractivity contribution in [3.8, 4) is 0 Å². The van der Waals surface area contributed by atoms with Gasteiger partial charge in [0, 0.05) is 24.8 Å².